The highest BCUT2D eigenvalue weighted by Gasteiger charge is 2.20. The number of rotatable bonds is 2. The van der Waals surface area contributed by atoms with Crippen molar-refractivity contribution in [2.24, 2.45) is 7.05 Å². The van der Waals surface area contributed by atoms with Gasteiger partial charge in [0.05, 0.1) is 13.6 Å². The van der Waals surface area contributed by atoms with Crippen molar-refractivity contribution in [3.8, 4) is 0 Å². The van der Waals surface area contributed by atoms with Gasteiger partial charge in [-0.05, 0) is 11.8 Å². The van der Waals surface area contributed by atoms with Gasteiger partial charge in [0.1, 0.15) is 0 Å². The summed E-state index contributed by atoms with van der Waals surface area (Å²) in [6.07, 6.45) is 1.53. The van der Waals surface area contributed by atoms with Gasteiger partial charge in [0.25, 0.3) is 5.82 Å². The molecule has 1 heterocycles. The van der Waals surface area contributed by atoms with Crippen LogP contribution >= 0.6 is 0 Å². The Labute approximate surface area is 70.4 Å². The van der Waals surface area contributed by atoms with Crippen LogP contribution in [0.3, 0.4) is 0 Å². The fraction of sp³-hybridized carbons (Fsp3) is 0.571. The van der Waals surface area contributed by atoms with E-state index < -0.39 is 0 Å². The quantitative estimate of drug-likeness (QED) is 0.369. The van der Waals surface area contributed by atoms with Crippen molar-refractivity contribution in [1.29, 1.82) is 0 Å². The summed E-state index contributed by atoms with van der Waals surface area (Å²) in [5.74, 6) is 1.04. The molecule has 0 aliphatic heterocycles. The summed E-state index contributed by atoms with van der Waals surface area (Å²) in [5.41, 5.74) is 0. The zero-order chi connectivity index (χ0) is 9.30. The largest absolute Gasteiger partial charge is 0.365 e. The SMILES string of the molecule is CCn1c([N+](=O)[O-])c[n+](C)c1C. The highest BCUT2D eigenvalue weighted by atomic mass is 16.6. The molecule has 0 atom stereocenters. The van der Waals surface area contributed by atoms with Crippen molar-refractivity contribution >= 4 is 5.82 Å². The molecule has 0 aromatic carbocycles. The Hall–Kier alpha value is -1.39. The van der Waals surface area contributed by atoms with E-state index in [0.717, 1.165) is 5.82 Å². The van der Waals surface area contributed by atoms with Crippen LogP contribution in [-0.2, 0) is 13.6 Å². The van der Waals surface area contributed by atoms with Crippen molar-refractivity contribution < 1.29 is 9.49 Å². The Morgan fingerprint density at radius 1 is 1.75 bits per heavy atom. The van der Waals surface area contributed by atoms with Crippen LogP contribution in [0, 0.1) is 17.0 Å². The molecular formula is C7H12N3O2+. The summed E-state index contributed by atoms with van der Waals surface area (Å²) >= 11 is 0. The van der Waals surface area contributed by atoms with Gasteiger partial charge < -0.3 is 10.1 Å². The second-order valence-electron chi connectivity index (χ2n) is 2.65. The summed E-state index contributed by atoms with van der Waals surface area (Å²) in [6, 6.07) is 0. The van der Waals surface area contributed by atoms with E-state index in [4.69, 9.17) is 0 Å². The Morgan fingerprint density at radius 3 is 2.67 bits per heavy atom. The molecule has 0 aliphatic rings. The third-order valence-corrected chi connectivity index (χ3v) is 1.99. The van der Waals surface area contributed by atoms with Crippen LogP contribution in [0.15, 0.2) is 6.20 Å². The minimum atomic E-state index is -0.365. The van der Waals surface area contributed by atoms with E-state index in [0.29, 0.717) is 6.54 Å². The normalized spacial score (nSPS) is 10.2. The topological polar surface area (TPSA) is 51.9 Å². The predicted molar refractivity (Wildman–Crippen MR) is 42.7 cm³/mol. The average Bonchev–Trinajstić information content (AvgIpc) is 2.29. The third-order valence-electron chi connectivity index (χ3n) is 1.99. The van der Waals surface area contributed by atoms with Crippen molar-refractivity contribution in [3.05, 3.63) is 22.1 Å². The maximum atomic E-state index is 10.5. The molecule has 5 nitrogen and oxygen atoms in total. The smallest absolute Gasteiger partial charge is 0.358 e. The van der Waals surface area contributed by atoms with Crippen molar-refractivity contribution in [1.82, 2.24) is 4.57 Å². The van der Waals surface area contributed by atoms with E-state index >= 15 is 0 Å². The molecule has 0 bridgehead atoms. The van der Waals surface area contributed by atoms with Crippen molar-refractivity contribution in [2.75, 3.05) is 0 Å². The molecule has 0 fully saturated rings. The molecule has 0 unspecified atom stereocenters. The lowest BCUT2D eigenvalue weighted by Crippen LogP contribution is -2.29. The summed E-state index contributed by atoms with van der Waals surface area (Å²) < 4.78 is 3.42. The lowest BCUT2D eigenvalue weighted by Gasteiger charge is -1.95. The van der Waals surface area contributed by atoms with Crippen molar-refractivity contribution in [2.45, 2.75) is 20.4 Å². The van der Waals surface area contributed by atoms with Gasteiger partial charge >= 0.3 is 5.82 Å². The van der Waals surface area contributed by atoms with Gasteiger partial charge in [-0.25, -0.2) is 4.57 Å². The van der Waals surface area contributed by atoms with Gasteiger partial charge in [-0.15, -0.1) is 0 Å². The predicted octanol–water partition coefficient (Wildman–Crippen LogP) is 0.549. The van der Waals surface area contributed by atoms with E-state index in [2.05, 4.69) is 0 Å². The van der Waals surface area contributed by atoms with Crippen molar-refractivity contribution in [3.63, 3.8) is 0 Å². The van der Waals surface area contributed by atoms with E-state index in [1.807, 2.05) is 13.8 Å². The molecule has 0 saturated carbocycles. The van der Waals surface area contributed by atoms with Crippen LogP contribution in [0.4, 0.5) is 5.82 Å². The monoisotopic (exact) mass is 170 g/mol. The number of hydrogen-bond donors (Lipinski definition) is 0. The molecule has 0 spiro atoms. The Bertz CT molecular complexity index is 317. The zero-order valence-corrected chi connectivity index (χ0v) is 7.44. The number of nitro groups is 1. The number of aromatic nitrogens is 2. The van der Waals surface area contributed by atoms with Gasteiger partial charge in [0, 0.05) is 6.92 Å². The molecule has 0 amide bonds. The van der Waals surface area contributed by atoms with Crippen LogP contribution in [0.1, 0.15) is 12.7 Å². The van der Waals surface area contributed by atoms with Crippen LogP contribution in [0.25, 0.3) is 0 Å². The standard InChI is InChI=1S/C7H12N3O2/c1-4-9-6(2)8(3)5-7(9)10(11)12/h5H,4H2,1-3H3/q+1. The Kier molecular flexibility index (Phi) is 2.12. The van der Waals surface area contributed by atoms with Gasteiger partial charge in [-0.3, -0.25) is 0 Å². The van der Waals surface area contributed by atoms with Crippen LogP contribution in [-0.4, -0.2) is 9.49 Å². The Balaban J connectivity index is 3.29. The van der Waals surface area contributed by atoms with E-state index in [1.54, 1.807) is 16.2 Å². The number of aryl methyl sites for hydroxylation is 1. The average molecular weight is 170 g/mol. The molecule has 5 heteroatoms. The van der Waals surface area contributed by atoms with Gasteiger partial charge in [0.2, 0.25) is 0 Å². The molecule has 0 saturated heterocycles. The maximum Gasteiger partial charge on any atom is 0.365 e. The van der Waals surface area contributed by atoms with Gasteiger partial charge in [0.15, 0.2) is 6.20 Å². The van der Waals surface area contributed by atoms with E-state index in [9.17, 15) is 10.1 Å². The lowest BCUT2D eigenvalue weighted by atomic mass is 10.6. The van der Waals surface area contributed by atoms with Gasteiger partial charge in [-0.2, -0.15) is 4.57 Å². The molecule has 0 N–H and O–H groups in total. The summed E-state index contributed by atoms with van der Waals surface area (Å²) in [5, 5.41) is 10.5. The number of hydrogen-bond acceptors (Lipinski definition) is 2. The zero-order valence-electron chi connectivity index (χ0n) is 7.44. The first kappa shape index (κ1) is 8.70. The molecule has 1 aromatic heterocycles. The summed E-state index contributed by atoms with van der Waals surface area (Å²) in [6.45, 7) is 4.37. The van der Waals surface area contributed by atoms with Crippen LogP contribution in [0.5, 0.6) is 0 Å². The van der Waals surface area contributed by atoms with Crippen LogP contribution in [0.2, 0.25) is 0 Å². The highest BCUT2D eigenvalue weighted by Crippen LogP contribution is 2.10. The first-order valence-electron chi connectivity index (χ1n) is 3.78. The maximum absolute atomic E-state index is 10.5. The van der Waals surface area contributed by atoms with E-state index in [1.165, 1.54) is 6.20 Å². The summed E-state index contributed by atoms with van der Waals surface area (Å²) in [7, 11) is 1.80. The molecule has 1 rings (SSSR count). The van der Waals surface area contributed by atoms with Crippen LogP contribution < -0.4 is 4.57 Å². The van der Waals surface area contributed by atoms with Gasteiger partial charge in [-0.1, -0.05) is 0 Å². The first-order chi connectivity index (χ1) is 5.57. The minimum Gasteiger partial charge on any atom is -0.358 e. The molecule has 1 aromatic rings. The lowest BCUT2D eigenvalue weighted by molar-refractivity contribution is -0.678. The fourth-order valence-corrected chi connectivity index (χ4v) is 1.23. The third kappa shape index (κ3) is 1.17. The molecule has 66 valence electrons. The molecule has 0 aliphatic carbocycles. The number of imidazole rings is 1. The second-order valence-corrected chi connectivity index (χ2v) is 2.65. The minimum absolute atomic E-state index is 0.150. The Morgan fingerprint density at radius 2 is 2.33 bits per heavy atom. The second kappa shape index (κ2) is 2.92. The first-order valence-corrected chi connectivity index (χ1v) is 3.78. The van der Waals surface area contributed by atoms with E-state index in [-0.39, 0.29) is 10.7 Å². The summed E-state index contributed by atoms with van der Waals surface area (Å²) in [4.78, 5) is 10.2. The molecular weight excluding hydrogens is 158 g/mol. The fourth-order valence-electron chi connectivity index (χ4n) is 1.23. The molecule has 0 radical (unpaired) electrons. The molecule has 12 heavy (non-hydrogen) atoms. The number of nitrogens with zero attached hydrogens (tertiary/aromatic N) is 3. The highest BCUT2D eigenvalue weighted by molar-refractivity contribution is 5.13.